The molecule has 0 radical (unpaired) electrons. The summed E-state index contributed by atoms with van der Waals surface area (Å²) in [4.78, 5) is 58.0. The Balaban J connectivity index is 2.81. The summed E-state index contributed by atoms with van der Waals surface area (Å²) < 4.78 is 5.06. The van der Waals surface area contributed by atoms with Gasteiger partial charge in [-0.25, -0.2) is 4.79 Å². The number of hydrogen-bond donors (Lipinski definition) is 6. The number of nitrogens with two attached hydrogens (primary N) is 1. The third-order valence-electron chi connectivity index (χ3n) is 5.26. The molecule has 0 aliphatic heterocycles. The zero-order chi connectivity index (χ0) is 28.8. The highest BCUT2D eigenvalue weighted by molar-refractivity contribution is 7.99. The second-order valence-corrected chi connectivity index (χ2v) is 9.96. The lowest BCUT2D eigenvalue weighted by atomic mass is 9.97. The molecule has 1 amide bonds. The summed E-state index contributed by atoms with van der Waals surface area (Å²) in [6, 6.07) is 0.955. The van der Waals surface area contributed by atoms with E-state index in [4.69, 9.17) is 49.0 Å². The van der Waals surface area contributed by atoms with Gasteiger partial charge in [-0.3, -0.25) is 19.2 Å². The number of ether oxygens (including phenoxy) is 1. The zero-order valence-electron chi connectivity index (χ0n) is 20.6. The summed E-state index contributed by atoms with van der Waals surface area (Å²) in [6.45, 7) is 0.892. The molecule has 212 valence electrons. The molecule has 0 aliphatic rings. The highest BCUT2D eigenvalue weighted by atomic mass is 35.5. The number of benzene rings is 1. The van der Waals surface area contributed by atoms with Gasteiger partial charge in [0.05, 0.1) is 11.1 Å². The van der Waals surface area contributed by atoms with Crippen molar-refractivity contribution < 1.29 is 44.0 Å². The molecule has 0 saturated carbocycles. The number of carboxylic acid groups (broad SMARTS) is 3. The number of Topliss-reactive ketones (excluding diaryl/α,β-unsaturated/α-hetero) is 1. The Labute approximate surface area is 233 Å². The minimum absolute atomic E-state index is 0.0311. The first-order chi connectivity index (χ1) is 17.9. The van der Waals surface area contributed by atoms with Crippen molar-refractivity contribution in [3.05, 3.63) is 27.7 Å². The van der Waals surface area contributed by atoms with Gasteiger partial charge in [-0.1, -0.05) is 30.1 Å². The molecule has 7 N–H and O–H groups in total. The summed E-state index contributed by atoms with van der Waals surface area (Å²) in [6.07, 6.45) is 1.02. The van der Waals surface area contributed by atoms with Crippen LogP contribution in [0.15, 0.2) is 12.1 Å². The van der Waals surface area contributed by atoms with Crippen molar-refractivity contribution >= 4 is 64.6 Å². The van der Waals surface area contributed by atoms with Crippen LogP contribution in [0.3, 0.4) is 0 Å². The fourth-order valence-electron chi connectivity index (χ4n) is 3.13. The van der Waals surface area contributed by atoms with Crippen molar-refractivity contribution in [3.63, 3.8) is 0 Å². The lowest BCUT2D eigenvalue weighted by Crippen LogP contribution is -2.47. The molecule has 0 aromatic heterocycles. The fraction of sp³-hybridized carbons (Fsp3) is 0.522. The number of carbonyl (C=O) groups excluding carboxylic acids is 2. The number of thioether (sulfide) groups is 1. The van der Waals surface area contributed by atoms with E-state index in [0.717, 1.165) is 0 Å². The first kappa shape index (κ1) is 33.4. The van der Waals surface area contributed by atoms with Gasteiger partial charge in [-0.05, 0) is 37.9 Å². The highest BCUT2D eigenvalue weighted by Crippen LogP contribution is 2.36. The molecule has 0 spiro atoms. The van der Waals surface area contributed by atoms with Gasteiger partial charge in [0.1, 0.15) is 23.4 Å². The molecule has 0 aliphatic carbocycles. The average molecular weight is 596 g/mol. The van der Waals surface area contributed by atoms with Crippen LogP contribution < -0.4 is 21.1 Å². The van der Waals surface area contributed by atoms with Crippen molar-refractivity contribution in [1.29, 1.82) is 0 Å². The number of halogens is 2. The predicted molar refractivity (Wildman–Crippen MR) is 142 cm³/mol. The van der Waals surface area contributed by atoms with Gasteiger partial charge < -0.3 is 36.4 Å². The standard InChI is InChI=1S/C23H31Cl2N3O9S/c1-2-12(21(33)13-5-6-16(20(25)19(13)24)37-9-18(31)32)10-38-11-15(22(34)28-8-17(29)30)27-7-3-4-14(26)23(35)36/h5-6,12,14-15,27H,2-4,7-11,26H2,1H3,(H,28,34)(H,29,30)(H,31,32)(H,35,36)/t12?,14-,15-/m0/s1. The zero-order valence-corrected chi connectivity index (χ0v) is 22.9. The predicted octanol–water partition coefficient (Wildman–Crippen LogP) is 1.75. The third-order valence-corrected chi connectivity index (χ3v) is 7.33. The van der Waals surface area contributed by atoms with E-state index in [0.29, 0.717) is 18.6 Å². The normalized spacial score (nSPS) is 13.3. The molecule has 1 rings (SSSR count). The molecule has 0 fully saturated rings. The van der Waals surface area contributed by atoms with Crippen LogP contribution in [0.1, 0.15) is 36.5 Å². The van der Waals surface area contributed by atoms with Gasteiger partial charge in [0.2, 0.25) is 5.91 Å². The minimum atomic E-state index is -1.20. The SMILES string of the molecule is CCC(CSC[C@H](NCCC[C@H](N)C(=O)O)C(=O)NCC(=O)O)C(=O)c1ccc(OCC(=O)O)c(Cl)c1Cl. The number of hydrogen-bond acceptors (Lipinski definition) is 9. The molecule has 0 saturated heterocycles. The fourth-order valence-corrected chi connectivity index (χ4v) is 4.92. The van der Waals surface area contributed by atoms with Gasteiger partial charge in [-0.15, -0.1) is 0 Å². The molecule has 12 nitrogen and oxygen atoms in total. The Morgan fingerprint density at radius 2 is 1.74 bits per heavy atom. The Bertz CT molecular complexity index is 1010. The smallest absolute Gasteiger partial charge is 0.341 e. The molecule has 3 atom stereocenters. The molecule has 0 bridgehead atoms. The molecular formula is C23H31Cl2N3O9S. The molecule has 1 unspecified atom stereocenters. The Morgan fingerprint density at radius 1 is 1.05 bits per heavy atom. The van der Waals surface area contributed by atoms with Gasteiger partial charge in [0.25, 0.3) is 0 Å². The van der Waals surface area contributed by atoms with E-state index >= 15 is 0 Å². The van der Waals surface area contributed by atoms with E-state index in [1.54, 1.807) is 0 Å². The molecule has 1 aromatic rings. The number of ketones is 1. The van der Waals surface area contributed by atoms with Crippen LogP contribution in [0.2, 0.25) is 10.0 Å². The third kappa shape index (κ3) is 11.4. The lowest BCUT2D eigenvalue weighted by Gasteiger charge is -2.20. The molecule has 0 heterocycles. The van der Waals surface area contributed by atoms with Crippen LogP contribution in [-0.4, -0.2) is 88.2 Å². The van der Waals surface area contributed by atoms with Crippen LogP contribution in [-0.2, 0) is 19.2 Å². The second kappa shape index (κ2) is 17.1. The molecule has 1 aromatic carbocycles. The summed E-state index contributed by atoms with van der Waals surface area (Å²) in [7, 11) is 0. The van der Waals surface area contributed by atoms with Crippen LogP contribution >= 0.6 is 35.0 Å². The van der Waals surface area contributed by atoms with E-state index in [1.165, 1.54) is 23.9 Å². The summed E-state index contributed by atoms with van der Waals surface area (Å²) in [5.74, 6) is -4.31. The molecular weight excluding hydrogens is 565 g/mol. The van der Waals surface area contributed by atoms with Crippen molar-refractivity contribution in [3.8, 4) is 5.75 Å². The first-order valence-corrected chi connectivity index (χ1v) is 13.5. The maximum atomic E-state index is 13.1. The van der Waals surface area contributed by atoms with Crippen molar-refractivity contribution in [2.75, 3.05) is 31.2 Å². The number of carboxylic acids is 3. The first-order valence-electron chi connectivity index (χ1n) is 11.5. The summed E-state index contributed by atoms with van der Waals surface area (Å²) in [5.41, 5.74) is 5.63. The summed E-state index contributed by atoms with van der Waals surface area (Å²) in [5, 5.41) is 31.6. The van der Waals surface area contributed by atoms with Gasteiger partial charge in [-0.2, -0.15) is 11.8 Å². The lowest BCUT2D eigenvalue weighted by molar-refractivity contribution is -0.140. The number of nitrogens with one attached hydrogen (secondary N) is 2. The van der Waals surface area contributed by atoms with Crippen LogP contribution in [0, 0.1) is 5.92 Å². The van der Waals surface area contributed by atoms with E-state index in [-0.39, 0.29) is 45.9 Å². The summed E-state index contributed by atoms with van der Waals surface area (Å²) >= 11 is 13.7. The highest BCUT2D eigenvalue weighted by Gasteiger charge is 2.25. The van der Waals surface area contributed by atoms with E-state index < -0.39 is 55.0 Å². The van der Waals surface area contributed by atoms with Crippen molar-refractivity contribution in [1.82, 2.24) is 10.6 Å². The second-order valence-electron chi connectivity index (χ2n) is 8.13. The monoisotopic (exact) mass is 595 g/mol. The van der Waals surface area contributed by atoms with Crippen LogP contribution in [0.5, 0.6) is 5.75 Å². The van der Waals surface area contributed by atoms with E-state index in [2.05, 4.69) is 10.6 Å². The van der Waals surface area contributed by atoms with Crippen LogP contribution in [0.4, 0.5) is 0 Å². The van der Waals surface area contributed by atoms with Crippen molar-refractivity contribution in [2.24, 2.45) is 11.7 Å². The number of amides is 1. The number of rotatable bonds is 19. The van der Waals surface area contributed by atoms with Gasteiger partial charge in [0, 0.05) is 23.0 Å². The Hall–Kier alpha value is -2.58. The Morgan fingerprint density at radius 3 is 2.32 bits per heavy atom. The van der Waals surface area contributed by atoms with Gasteiger partial charge in [0.15, 0.2) is 12.4 Å². The molecule has 15 heteroatoms. The van der Waals surface area contributed by atoms with Crippen molar-refractivity contribution in [2.45, 2.75) is 38.3 Å². The number of aliphatic carboxylic acids is 3. The topological polar surface area (TPSA) is 205 Å². The Kier molecular flexibility index (Phi) is 15.0. The quantitative estimate of drug-likeness (QED) is 0.0998. The minimum Gasteiger partial charge on any atom is -0.480 e. The maximum absolute atomic E-state index is 13.1. The van der Waals surface area contributed by atoms with E-state index in [9.17, 15) is 24.0 Å². The van der Waals surface area contributed by atoms with E-state index in [1.807, 2.05) is 6.92 Å². The van der Waals surface area contributed by atoms with Gasteiger partial charge >= 0.3 is 17.9 Å². The molecule has 38 heavy (non-hydrogen) atoms. The van der Waals surface area contributed by atoms with Crippen LogP contribution in [0.25, 0.3) is 0 Å². The average Bonchev–Trinajstić information content (AvgIpc) is 2.86. The maximum Gasteiger partial charge on any atom is 0.341 e. The largest absolute Gasteiger partial charge is 0.480 e. The number of carbonyl (C=O) groups is 5.